The van der Waals surface area contributed by atoms with Crippen LogP contribution in [-0.2, 0) is 18.4 Å². The fraction of sp³-hybridized carbons (Fsp3) is 0.400. The van der Waals surface area contributed by atoms with Gasteiger partial charge < -0.3 is 9.15 Å². The van der Waals surface area contributed by atoms with Gasteiger partial charge in [0.2, 0.25) is 11.8 Å². The van der Waals surface area contributed by atoms with Crippen molar-refractivity contribution in [2.24, 2.45) is 0 Å². The number of oxazole rings is 1. The van der Waals surface area contributed by atoms with Crippen molar-refractivity contribution in [3.8, 4) is 16.3 Å². The fourth-order valence-corrected chi connectivity index (χ4v) is 5.08. The second kappa shape index (κ2) is 5.91. The molecule has 2 aromatic heterocycles. The Morgan fingerprint density at radius 3 is 2.88 bits per heavy atom. The molecule has 0 N–H and O–H groups in total. The van der Waals surface area contributed by atoms with Crippen LogP contribution in [0.4, 0.5) is 4.39 Å². The standard InChI is InChI=1S/C20H19FN2O2S/c1-12-22-18-17(26-12)15-8-13(4-5-16(15)21)9-20(6-2-3-7-20)19-23-14(10-24-18)11-25-19/h4-5,8,11H,2-3,6-7,9-10H2,1H3. The SMILES string of the molecule is Cc1nc2c(s1)-c1cc(ccc1F)CC1(CCCC1)c1nc(co1)CO2. The van der Waals surface area contributed by atoms with E-state index in [4.69, 9.17) is 14.1 Å². The summed E-state index contributed by atoms with van der Waals surface area (Å²) in [5, 5.41) is 0.850. The van der Waals surface area contributed by atoms with Crippen LogP contribution in [0, 0.1) is 12.7 Å². The van der Waals surface area contributed by atoms with Gasteiger partial charge in [0.1, 0.15) is 29.3 Å². The first-order chi connectivity index (χ1) is 12.6. The quantitative estimate of drug-likeness (QED) is 0.546. The lowest BCUT2D eigenvalue weighted by atomic mass is 9.79. The maximum atomic E-state index is 14.6. The average Bonchev–Trinajstić information content (AvgIpc) is 3.34. The minimum atomic E-state index is -0.240. The highest BCUT2D eigenvalue weighted by Crippen LogP contribution is 2.45. The van der Waals surface area contributed by atoms with Crippen LogP contribution in [0.3, 0.4) is 0 Å². The smallest absolute Gasteiger partial charge is 0.233 e. The van der Waals surface area contributed by atoms with E-state index in [2.05, 4.69) is 4.98 Å². The molecule has 6 heteroatoms. The molecule has 5 rings (SSSR count). The molecular weight excluding hydrogens is 351 g/mol. The van der Waals surface area contributed by atoms with Crippen LogP contribution in [0.2, 0.25) is 0 Å². The van der Waals surface area contributed by atoms with E-state index < -0.39 is 0 Å². The molecule has 1 aromatic carbocycles. The summed E-state index contributed by atoms with van der Waals surface area (Å²) in [5.41, 5.74) is 2.33. The zero-order chi connectivity index (χ0) is 17.7. The van der Waals surface area contributed by atoms with Gasteiger partial charge in [-0.1, -0.05) is 18.9 Å². The normalized spacial score (nSPS) is 18.1. The molecule has 0 unspecified atom stereocenters. The number of thiazole rings is 1. The minimum Gasteiger partial charge on any atom is -0.470 e. The Morgan fingerprint density at radius 1 is 1.19 bits per heavy atom. The second-order valence-electron chi connectivity index (χ2n) is 7.28. The molecule has 0 saturated heterocycles. The van der Waals surface area contributed by atoms with Crippen molar-refractivity contribution in [2.45, 2.75) is 51.0 Å². The van der Waals surface area contributed by atoms with Gasteiger partial charge >= 0.3 is 0 Å². The minimum absolute atomic E-state index is 0.0982. The number of ether oxygens (including phenoxy) is 1. The lowest BCUT2D eigenvalue weighted by Gasteiger charge is -2.26. The zero-order valence-electron chi connectivity index (χ0n) is 14.5. The van der Waals surface area contributed by atoms with Gasteiger partial charge in [-0.05, 0) is 43.9 Å². The number of nitrogens with zero attached hydrogens (tertiary/aromatic N) is 2. The maximum absolute atomic E-state index is 14.6. The van der Waals surface area contributed by atoms with Gasteiger partial charge in [0.05, 0.1) is 10.4 Å². The van der Waals surface area contributed by atoms with Gasteiger partial charge in [-0.3, -0.25) is 0 Å². The Balaban J connectivity index is 1.70. The Hall–Kier alpha value is -2.21. The summed E-state index contributed by atoms with van der Waals surface area (Å²) in [5.74, 6) is 1.01. The molecule has 3 heterocycles. The summed E-state index contributed by atoms with van der Waals surface area (Å²) in [4.78, 5) is 9.91. The summed E-state index contributed by atoms with van der Waals surface area (Å²) in [6.45, 7) is 2.18. The molecule has 26 heavy (non-hydrogen) atoms. The zero-order valence-corrected chi connectivity index (χ0v) is 15.4. The molecule has 0 atom stereocenters. The predicted molar refractivity (Wildman–Crippen MR) is 96.9 cm³/mol. The van der Waals surface area contributed by atoms with E-state index in [1.807, 2.05) is 19.1 Å². The van der Waals surface area contributed by atoms with Gasteiger partial charge in [0.15, 0.2) is 0 Å². The number of fused-ring (bicyclic) bond motifs is 7. The van der Waals surface area contributed by atoms with Crippen LogP contribution in [0.1, 0.15) is 47.8 Å². The molecule has 1 aliphatic heterocycles. The monoisotopic (exact) mass is 370 g/mol. The number of halogens is 1. The molecule has 3 aromatic rings. The van der Waals surface area contributed by atoms with Crippen molar-refractivity contribution in [1.82, 2.24) is 9.97 Å². The molecule has 1 aliphatic carbocycles. The van der Waals surface area contributed by atoms with Gasteiger partial charge in [-0.2, -0.15) is 0 Å². The molecule has 0 amide bonds. The van der Waals surface area contributed by atoms with E-state index >= 15 is 0 Å². The van der Waals surface area contributed by atoms with E-state index in [1.165, 1.54) is 24.2 Å². The average molecular weight is 370 g/mol. The number of aryl methyl sites for hydroxylation is 1. The fourth-order valence-electron chi connectivity index (χ4n) is 4.20. The van der Waals surface area contributed by atoms with Crippen molar-refractivity contribution < 1.29 is 13.5 Å². The number of hydrogen-bond acceptors (Lipinski definition) is 5. The molecule has 0 radical (unpaired) electrons. The van der Waals surface area contributed by atoms with Crippen molar-refractivity contribution >= 4 is 11.3 Å². The van der Waals surface area contributed by atoms with E-state index in [1.54, 1.807) is 12.3 Å². The molecule has 4 bridgehead atoms. The summed E-state index contributed by atoms with van der Waals surface area (Å²) >= 11 is 1.46. The Bertz CT molecular complexity index is 972. The third-order valence-corrected chi connectivity index (χ3v) is 6.43. The van der Waals surface area contributed by atoms with Crippen molar-refractivity contribution in [1.29, 1.82) is 0 Å². The molecular formula is C20H19FN2O2S. The van der Waals surface area contributed by atoms with E-state index in [9.17, 15) is 4.39 Å². The van der Waals surface area contributed by atoms with Gasteiger partial charge in [0, 0.05) is 5.56 Å². The van der Waals surface area contributed by atoms with Crippen LogP contribution in [0.25, 0.3) is 10.4 Å². The predicted octanol–water partition coefficient (Wildman–Crippen LogP) is 5.19. The van der Waals surface area contributed by atoms with Crippen LogP contribution < -0.4 is 4.74 Å². The third-order valence-electron chi connectivity index (χ3n) is 5.44. The molecule has 4 nitrogen and oxygen atoms in total. The van der Waals surface area contributed by atoms with E-state index in [0.29, 0.717) is 11.4 Å². The lowest BCUT2D eigenvalue weighted by molar-refractivity contribution is 0.291. The Kier molecular flexibility index (Phi) is 3.64. The van der Waals surface area contributed by atoms with Gasteiger partial charge in [-0.15, -0.1) is 11.3 Å². The van der Waals surface area contributed by atoms with Gasteiger partial charge in [-0.25, -0.2) is 14.4 Å². The van der Waals surface area contributed by atoms with Crippen molar-refractivity contribution in [3.05, 3.63) is 52.4 Å². The van der Waals surface area contributed by atoms with Crippen LogP contribution >= 0.6 is 11.3 Å². The van der Waals surface area contributed by atoms with Crippen molar-refractivity contribution in [2.75, 3.05) is 0 Å². The summed E-state index contributed by atoms with van der Waals surface area (Å²) in [6.07, 6.45) is 6.92. The van der Waals surface area contributed by atoms with Crippen molar-refractivity contribution in [3.63, 3.8) is 0 Å². The molecule has 1 saturated carbocycles. The number of rotatable bonds is 0. The molecule has 1 fully saturated rings. The lowest BCUT2D eigenvalue weighted by Crippen LogP contribution is -2.26. The topological polar surface area (TPSA) is 48.2 Å². The summed E-state index contributed by atoms with van der Waals surface area (Å²) in [7, 11) is 0. The maximum Gasteiger partial charge on any atom is 0.233 e. The number of benzene rings is 1. The van der Waals surface area contributed by atoms with Crippen LogP contribution in [-0.4, -0.2) is 9.97 Å². The number of aromatic nitrogens is 2. The van der Waals surface area contributed by atoms with Gasteiger partial charge in [0.25, 0.3) is 0 Å². The van der Waals surface area contributed by atoms with Crippen LogP contribution in [0.15, 0.2) is 28.9 Å². The highest BCUT2D eigenvalue weighted by Gasteiger charge is 2.40. The first kappa shape index (κ1) is 16.0. The number of hydrogen-bond donors (Lipinski definition) is 0. The highest BCUT2D eigenvalue weighted by molar-refractivity contribution is 7.15. The van der Waals surface area contributed by atoms with E-state index in [0.717, 1.165) is 46.3 Å². The first-order valence-electron chi connectivity index (χ1n) is 8.97. The third kappa shape index (κ3) is 2.55. The summed E-state index contributed by atoms with van der Waals surface area (Å²) in [6, 6.07) is 5.38. The molecule has 1 spiro atoms. The molecule has 2 aliphatic rings. The summed E-state index contributed by atoms with van der Waals surface area (Å²) < 4.78 is 26.4. The van der Waals surface area contributed by atoms with Crippen LogP contribution in [0.5, 0.6) is 5.88 Å². The largest absolute Gasteiger partial charge is 0.470 e. The molecule has 134 valence electrons. The Morgan fingerprint density at radius 2 is 2.04 bits per heavy atom. The highest BCUT2D eigenvalue weighted by atomic mass is 32.1. The first-order valence-corrected chi connectivity index (χ1v) is 9.79. The Labute approximate surface area is 155 Å². The van der Waals surface area contributed by atoms with E-state index in [-0.39, 0.29) is 17.8 Å². The second-order valence-corrected chi connectivity index (χ2v) is 8.48.